The van der Waals surface area contributed by atoms with Crippen molar-refractivity contribution in [2.24, 2.45) is 0 Å². The van der Waals surface area contributed by atoms with Crippen LogP contribution in [0, 0.1) is 18.8 Å². The van der Waals surface area contributed by atoms with Crippen LogP contribution in [0.15, 0.2) is 42.6 Å². The van der Waals surface area contributed by atoms with Gasteiger partial charge >= 0.3 is 0 Å². The second-order valence-corrected chi connectivity index (χ2v) is 3.56. The van der Waals surface area contributed by atoms with E-state index in [2.05, 4.69) is 16.8 Å². The molecule has 2 heteroatoms. The topological polar surface area (TPSA) is 38.9 Å². The molecule has 0 unspecified atom stereocenters. The molecule has 0 fully saturated rings. The molecule has 16 heavy (non-hydrogen) atoms. The molecule has 1 heterocycles. The number of hydrogen-bond acceptors (Lipinski definition) is 2. The van der Waals surface area contributed by atoms with E-state index in [1.807, 2.05) is 43.3 Å². The highest BCUT2D eigenvalue weighted by atomic mass is 14.6. The highest BCUT2D eigenvalue weighted by molar-refractivity contribution is 5.56. The van der Waals surface area contributed by atoms with Gasteiger partial charge in [0.15, 0.2) is 0 Å². The number of pyridine rings is 1. The minimum absolute atomic E-state index is 0.697. The average Bonchev–Trinajstić information content (AvgIpc) is 2.28. The third kappa shape index (κ3) is 2.40. The van der Waals surface area contributed by atoms with Crippen molar-refractivity contribution in [3.05, 3.63) is 59.4 Å². The summed E-state index contributed by atoms with van der Waals surface area (Å²) in [5.41, 5.74) is 9.25. The van der Waals surface area contributed by atoms with E-state index in [9.17, 15) is 0 Å². The van der Waals surface area contributed by atoms with E-state index in [1.54, 1.807) is 6.20 Å². The van der Waals surface area contributed by atoms with Gasteiger partial charge < -0.3 is 5.73 Å². The largest absolute Gasteiger partial charge is 0.398 e. The van der Waals surface area contributed by atoms with Crippen LogP contribution < -0.4 is 5.73 Å². The molecule has 2 nitrogen and oxygen atoms in total. The summed E-state index contributed by atoms with van der Waals surface area (Å²) >= 11 is 0. The summed E-state index contributed by atoms with van der Waals surface area (Å²) < 4.78 is 0. The number of nitrogens with two attached hydrogens (primary N) is 1. The maximum absolute atomic E-state index is 5.79. The maximum Gasteiger partial charge on any atom is 0.113 e. The molecule has 0 atom stereocenters. The normalized spacial score (nSPS) is 9.31. The second-order valence-electron chi connectivity index (χ2n) is 3.56. The van der Waals surface area contributed by atoms with Crippen LogP contribution in [0.3, 0.4) is 0 Å². The van der Waals surface area contributed by atoms with E-state index in [1.165, 1.54) is 0 Å². The van der Waals surface area contributed by atoms with Crippen molar-refractivity contribution in [1.82, 2.24) is 4.98 Å². The predicted molar refractivity (Wildman–Crippen MR) is 65.8 cm³/mol. The Morgan fingerprint density at radius 3 is 2.69 bits per heavy atom. The zero-order valence-corrected chi connectivity index (χ0v) is 9.07. The van der Waals surface area contributed by atoms with Crippen molar-refractivity contribution in [2.45, 2.75) is 6.92 Å². The number of nitrogens with zero attached hydrogens (tertiary/aromatic N) is 1. The SMILES string of the molecule is Cc1ccnc(C#Cc2ccccc2N)c1. The summed E-state index contributed by atoms with van der Waals surface area (Å²) in [7, 11) is 0. The third-order valence-corrected chi connectivity index (χ3v) is 2.20. The summed E-state index contributed by atoms with van der Waals surface area (Å²) in [6.07, 6.45) is 1.76. The summed E-state index contributed by atoms with van der Waals surface area (Å²) in [5, 5.41) is 0. The van der Waals surface area contributed by atoms with Crippen LogP contribution in [0.4, 0.5) is 5.69 Å². The molecule has 0 spiro atoms. The van der Waals surface area contributed by atoms with Crippen LogP contribution in [-0.2, 0) is 0 Å². The predicted octanol–water partition coefficient (Wildman–Crippen LogP) is 2.37. The van der Waals surface area contributed by atoms with Crippen LogP contribution in [0.2, 0.25) is 0 Å². The molecule has 2 N–H and O–H groups in total. The number of hydrogen-bond donors (Lipinski definition) is 1. The highest BCUT2D eigenvalue weighted by Crippen LogP contribution is 2.08. The number of nitrogen functional groups attached to an aromatic ring is 1. The number of para-hydroxylation sites is 1. The van der Waals surface area contributed by atoms with Gasteiger partial charge in [0.2, 0.25) is 0 Å². The molecule has 1 aromatic heterocycles. The Bertz CT molecular complexity index is 562. The summed E-state index contributed by atoms with van der Waals surface area (Å²) in [5.74, 6) is 6.02. The van der Waals surface area contributed by atoms with Crippen LogP contribution >= 0.6 is 0 Å². The number of benzene rings is 1. The molecule has 0 aliphatic heterocycles. The molecular weight excluding hydrogens is 196 g/mol. The molecule has 0 bridgehead atoms. The van der Waals surface area contributed by atoms with Gasteiger partial charge in [0, 0.05) is 17.4 Å². The summed E-state index contributed by atoms with van der Waals surface area (Å²) in [4.78, 5) is 4.17. The zero-order valence-electron chi connectivity index (χ0n) is 9.07. The first-order valence-corrected chi connectivity index (χ1v) is 5.05. The fourth-order valence-electron chi connectivity index (χ4n) is 1.35. The van der Waals surface area contributed by atoms with Gasteiger partial charge in [0.25, 0.3) is 0 Å². The highest BCUT2D eigenvalue weighted by Gasteiger charge is 1.92. The minimum atomic E-state index is 0.697. The van der Waals surface area contributed by atoms with E-state index in [-0.39, 0.29) is 0 Å². The van der Waals surface area contributed by atoms with Crippen molar-refractivity contribution in [3.8, 4) is 11.8 Å². The van der Waals surface area contributed by atoms with E-state index in [0.29, 0.717) is 5.69 Å². The molecule has 78 valence electrons. The first kappa shape index (κ1) is 10.3. The zero-order chi connectivity index (χ0) is 11.4. The number of anilines is 1. The minimum Gasteiger partial charge on any atom is -0.398 e. The molecule has 2 rings (SSSR count). The average molecular weight is 208 g/mol. The third-order valence-electron chi connectivity index (χ3n) is 2.20. The van der Waals surface area contributed by atoms with Gasteiger partial charge in [-0.3, -0.25) is 0 Å². The quantitative estimate of drug-likeness (QED) is 0.533. The Balaban J connectivity index is 2.32. The van der Waals surface area contributed by atoms with Crippen LogP contribution in [0.5, 0.6) is 0 Å². The maximum atomic E-state index is 5.79. The molecular formula is C14H12N2. The summed E-state index contributed by atoms with van der Waals surface area (Å²) in [6, 6.07) is 11.5. The fourth-order valence-corrected chi connectivity index (χ4v) is 1.35. The van der Waals surface area contributed by atoms with Crippen molar-refractivity contribution in [2.75, 3.05) is 5.73 Å². The van der Waals surface area contributed by atoms with Crippen LogP contribution in [-0.4, -0.2) is 4.98 Å². The Morgan fingerprint density at radius 2 is 1.94 bits per heavy atom. The summed E-state index contributed by atoms with van der Waals surface area (Å²) in [6.45, 7) is 2.02. The van der Waals surface area contributed by atoms with Gasteiger partial charge in [-0.1, -0.05) is 18.1 Å². The molecule has 0 aliphatic carbocycles. The molecule has 0 radical (unpaired) electrons. The molecule has 0 amide bonds. The standard InChI is InChI=1S/C14H12N2/c1-11-8-9-16-13(10-11)7-6-12-4-2-3-5-14(12)15/h2-5,8-10H,15H2,1H3. The fraction of sp³-hybridized carbons (Fsp3) is 0.0714. The molecule has 0 saturated heterocycles. The van der Waals surface area contributed by atoms with Gasteiger partial charge in [-0.05, 0) is 42.7 Å². The Hall–Kier alpha value is -2.27. The molecule has 0 saturated carbocycles. The van der Waals surface area contributed by atoms with E-state index in [0.717, 1.165) is 16.8 Å². The van der Waals surface area contributed by atoms with Crippen molar-refractivity contribution >= 4 is 5.69 Å². The second kappa shape index (κ2) is 4.50. The first-order chi connectivity index (χ1) is 7.75. The van der Waals surface area contributed by atoms with Gasteiger partial charge in [0.05, 0.1) is 0 Å². The van der Waals surface area contributed by atoms with E-state index < -0.39 is 0 Å². The Morgan fingerprint density at radius 1 is 1.12 bits per heavy atom. The van der Waals surface area contributed by atoms with Gasteiger partial charge in [-0.2, -0.15) is 0 Å². The van der Waals surface area contributed by atoms with Crippen molar-refractivity contribution in [1.29, 1.82) is 0 Å². The molecule has 0 aliphatic rings. The number of rotatable bonds is 0. The first-order valence-electron chi connectivity index (χ1n) is 5.05. The lowest BCUT2D eigenvalue weighted by atomic mass is 10.2. The lowest BCUT2D eigenvalue weighted by Gasteiger charge is -1.95. The Labute approximate surface area is 95.1 Å². The van der Waals surface area contributed by atoms with Crippen LogP contribution in [0.1, 0.15) is 16.8 Å². The van der Waals surface area contributed by atoms with Gasteiger partial charge in [-0.15, -0.1) is 0 Å². The van der Waals surface area contributed by atoms with Gasteiger partial charge in [0.1, 0.15) is 5.69 Å². The van der Waals surface area contributed by atoms with E-state index >= 15 is 0 Å². The number of aromatic nitrogens is 1. The van der Waals surface area contributed by atoms with E-state index in [4.69, 9.17) is 5.73 Å². The smallest absolute Gasteiger partial charge is 0.113 e. The lowest BCUT2D eigenvalue weighted by Crippen LogP contribution is -1.89. The lowest BCUT2D eigenvalue weighted by molar-refractivity contribution is 1.25. The molecule has 2 aromatic rings. The molecule has 1 aromatic carbocycles. The van der Waals surface area contributed by atoms with Crippen molar-refractivity contribution < 1.29 is 0 Å². The number of aryl methyl sites for hydroxylation is 1. The Kier molecular flexibility index (Phi) is 2.88. The monoisotopic (exact) mass is 208 g/mol. The van der Waals surface area contributed by atoms with Crippen molar-refractivity contribution in [3.63, 3.8) is 0 Å². The van der Waals surface area contributed by atoms with Gasteiger partial charge in [-0.25, -0.2) is 4.98 Å². The van der Waals surface area contributed by atoms with Crippen LogP contribution in [0.25, 0.3) is 0 Å².